The van der Waals surface area contributed by atoms with E-state index >= 15 is 0 Å². The van der Waals surface area contributed by atoms with Crippen LogP contribution in [0.25, 0.3) is 11.0 Å². The molecule has 3 aromatic rings. The Hall–Kier alpha value is -2.16. The van der Waals surface area contributed by atoms with Gasteiger partial charge in [0.2, 0.25) is 0 Å². The van der Waals surface area contributed by atoms with E-state index in [-0.39, 0.29) is 5.82 Å². The van der Waals surface area contributed by atoms with Crippen LogP contribution in [0.5, 0.6) is 0 Å². The maximum Gasteiger partial charge on any atom is 0.149 e. The Morgan fingerprint density at radius 1 is 1.11 bits per heavy atom. The molecule has 2 aromatic carbocycles. The fourth-order valence-corrected chi connectivity index (χ4v) is 2.40. The van der Waals surface area contributed by atoms with Gasteiger partial charge in [-0.1, -0.05) is 43.3 Å². The number of halogens is 1. The van der Waals surface area contributed by atoms with Gasteiger partial charge in [0, 0.05) is 6.54 Å². The lowest BCUT2D eigenvalue weighted by Gasteiger charge is -2.13. The van der Waals surface area contributed by atoms with Gasteiger partial charge in [-0.05, 0) is 23.6 Å². The zero-order valence-corrected chi connectivity index (χ0v) is 10.8. The van der Waals surface area contributed by atoms with Crippen molar-refractivity contribution in [3.63, 3.8) is 0 Å². The van der Waals surface area contributed by atoms with Crippen LogP contribution >= 0.6 is 0 Å². The summed E-state index contributed by atoms with van der Waals surface area (Å²) in [5.41, 5.74) is 2.55. The summed E-state index contributed by atoms with van der Waals surface area (Å²) in [7, 11) is 0. The topological polar surface area (TPSA) is 17.8 Å². The SMILES string of the molecule is CC(Cn1cnc2cccc(F)c21)c1ccccc1. The van der Waals surface area contributed by atoms with Crippen molar-refractivity contribution in [2.45, 2.75) is 19.4 Å². The minimum absolute atomic E-state index is 0.213. The first kappa shape index (κ1) is 11.9. The molecule has 96 valence electrons. The summed E-state index contributed by atoms with van der Waals surface area (Å²) in [4.78, 5) is 4.25. The Morgan fingerprint density at radius 3 is 2.68 bits per heavy atom. The van der Waals surface area contributed by atoms with Crippen molar-refractivity contribution in [3.05, 3.63) is 66.2 Å². The Bertz CT molecular complexity index is 688. The molecule has 0 radical (unpaired) electrons. The second kappa shape index (κ2) is 4.84. The molecule has 0 amide bonds. The van der Waals surface area contributed by atoms with Gasteiger partial charge in [-0.15, -0.1) is 0 Å². The molecule has 1 unspecified atom stereocenters. The molecule has 3 heteroatoms. The van der Waals surface area contributed by atoms with Crippen molar-refractivity contribution in [1.82, 2.24) is 9.55 Å². The molecule has 19 heavy (non-hydrogen) atoms. The number of benzene rings is 2. The van der Waals surface area contributed by atoms with E-state index in [0.29, 0.717) is 17.0 Å². The van der Waals surface area contributed by atoms with E-state index in [0.717, 1.165) is 6.54 Å². The van der Waals surface area contributed by atoms with E-state index in [9.17, 15) is 4.39 Å². The predicted molar refractivity (Wildman–Crippen MR) is 74.5 cm³/mol. The highest BCUT2D eigenvalue weighted by Crippen LogP contribution is 2.22. The highest BCUT2D eigenvalue weighted by atomic mass is 19.1. The van der Waals surface area contributed by atoms with Crippen molar-refractivity contribution in [2.75, 3.05) is 0 Å². The van der Waals surface area contributed by atoms with Crippen molar-refractivity contribution >= 4 is 11.0 Å². The first-order valence-electron chi connectivity index (χ1n) is 6.40. The van der Waals surface area contributed by atoms with E-state index in [1.54, 1.807) is 12.4 Å². The number of para-hydroxylation sites is 1. The summed E-state index contributed by atoms with van der Waals surface area (Å²) >= 11 is 0. The minimum Gasteiger partial charge on any atom is -0.328 e. The Labute approximate surface area is 111 Å². The molecule has 3 rings (SSSR count). The Balaban J connectivity index is 1.94. The average Bonchev–Trinajstić information content (AvgIpc) is 2.84. The van der Waals surface area contributed by atoms with Crippen LogP contribution in [0.2, 0.25) is 0 Å². The monoisotopic (exact) mass is 254 g/mol. The lowest BCUT2D eigenvalue weighted by molar-refractivity contribution is 0.587. The molecule has 0 saturated heterocycles. The molecule has 2 nitrogen and oxygen atoms in total. The van der Waals surface area contributed by atoms with Gasteiger partial charge in [0.1, 0.15) is 11.3 Å². The number of fused-ring (bicyclic) bond motifs is 1. The van der Waals surface area contributed by atoms with Crippen LogP contribution in [0.4, 0.5) is 4.39 Å². The van der Waals surface area contributed by atoms with Crippen LogP contribution in [-0.2, 0) is 6.54 Å². The third-order valence-corrected chi connectivity index (χ3v) is 3.43. The summed E-state index contributed by atoms with van der Waals surface area (Å²) in [6.45, 7) is 2.86. The minimum atomic E-state index is -0.213. The van der Waals surface area contributed by atoms with Crippen molar-refractivity contribution in [3.8, 4) is 0 Å². The highest BCUT2D eigenvalue weighted by molar-refractivity contribution is 5.75. The maximum absolute atomic E-state index is 13.9. The summed E-state index contributed by atoms with van der Waals surface area (Å²) in [6, 6.07) is 15.3. The van der Waals surface area contributed by atoms with Gasteiger partial charge >= 0.3 is 0 Å². The van der Waals surface area contributed by atoms with E-state index in [2.05, 4.69) is 24.0 Å². The molecule has 0 aliphatic rings. The highest BCUT2D eigenvalue weighted by Gasteiger charge is 2.11. The van der Waals surface area contributed by atoms with Crippen LogP contribution in [0.1, 0.15) is 18.4 Å². The van der Waals surface area contributed by atoms with Gasteiger partial charge in [-0.2, -0.15) is 0 Å². The summed E-state index contributed by atoms with van der Waals surface area (Å²) in [5.74, 6) is 0.105. The number of rotatable bonds is 3. The van der Waals surface area contributed by atoms with Gasteiger partial charge in [-0.25, -0.2) is 9.37 Å². The van der Waals surface area contributed by atoms with Gasteiger partial charge in [-0.3, -0.25) is 0 Å². The Morgan fingerprint density at radius 2 is 1.89 bits per heavy atom. The second-order valence-corrected chi connectivity index (χ2v) is 4.82. The molecule has 0 aliphatic heterocycles. The smallest absolute Gasteiger partial charge is 0.149 e. The number of nitrogens with zero attached hydrogens (tertiary/aromatic N) is 2. The number of aromatic nitrogens is 2. The predicted octanol–water partition coefficient (Wildman–Crippen LogP) is 3.98. The van der Waals surface area contributed by atoms with Crippen LogP contribution in [-0.4, -0.2) is 9.55 Å². The molecule has 1 heterocycles. The maximum atomic E-state index is 13.9. The largest absolute Gasteiger partial charge is 0.328 e. The van der Waals surface area contributed by atoms with Gasteiger partial charge in [0.05, 0.1) is 11.8 Å². The molecule has 0 spiro atoms. The molecule has 0 fully saturated rings. The number of hydrogen-bond donors (Lipinski definition) is 0. The van der Waals surface area contributed by atoms with Crippen molar-refractivity contribution in [2.24, 2.45) is 0 Å². The fraction of sp³-hybridized carbons (Fsp3) is 0.188. The van der Waals surface area contributed by atoms with Crippen molar-refractivity contribution < 1.29 is 4.39 Å². The lowest BCUT2D eigenvalue weighted by Crippen LogP contribution is -2.05. The van der Waals surface area contributed by atoms with Crippen molar-refractivity contribution in [1.29, 1.82) is 0 Å². The summed E-state index contributed by atoms with van der Waals surface area (Å²) in [6.07, 6.45) is 1.72. The molecule has 0 bridgehead atoms. The zero-order chi connectivity index (χ0) is 13.2. The van der Waals surface area contributed by atoms with Gasteiger partial charge in [0.25, 0.3) is 0 Å². The first-order valence-corrected chi connectivity index (χ1v) is 6.40. The molecular weight excluding hydrogens is 239 g/mol. The Kier molecular flexibility index (Phi) is 3.03. The van der Waals surface area contributed by atoms with E-state index in [1.165, 1.54) is 11.6 Å². The van der Waals surface area contributed by atoms with Crippen LogP contribution in [0.3, 0.4) is 0 Å². The van der Waals surface area contributed by atoms with E-state index < -0.39 is 0 Å². The third-order valence-electron chi connectivity index (χ3n) is 3.43. The van der Waals surface area contributed by atoms with E-state index in [4.69, 9.17) is 0 Å². The lowest BCUT2D eigenvalue weighted by atomic mass is 10.0. The molecule has 0 saturated carbocycles. The van der Waals surface area contributed by atoms with Crippen LogP contribution < -0.4 is 0 Å². The van der Waals surface area contributed by atoms with Gasteiger partial charge in [0.15, 0.2) is 0 Å². The van der Waals surface area contributed by atoms with E-state index in [1.807, 2.05) is 28.8 Å². The zero-order valence-electron chi connectivity index (χ0n) is 10.8. The molecule has 0 aliphatic carbocycles. The normalized spacial score (nSPS) is 12.7. The quantitative estimate of drug-likeness (QED) is 0.691. The summed E-state index contributed by atoms with van der Waals surface area (Å²) < 4.78 is 15.8. The first-order chi connectivity index (χ1) is 9.25. The van der Waals surface area contributed by atoms with Crippen LogP contribution in [0, 0.1) is 5.82 Å². The fourth-order valence-electron chi connectivity index (χ4n) is 2.40. The summed E-state index contributed by atoms with van der Waals surface area (Å²) in [5, 5.41) is 0. The average molecular weight is 254 g/mol. The molecular formula is C16H15FN2. The van der Waals surface area contributed by atoms with Crippen LogP contribution in [0.15, 0.2) is 54.9 Å². The molecule has 1 atom stereocenters. The second-order valence-electron chi connectivity index (χ2n) is 4.82. The third kappa shape index (κ3) is 2.24. The number of imidazole rings is 1. The standard InChI is InChI=1S/C16H15FN2/c1-12(13-6-3-2-4-7-13)10-19-11-18-15-9-5-8-14(17)16(15)19/h2-9,11-12H,10H2,1H3. The molecule has 0 N–H and O–H groups in total. The molecule has 1 aromatic heterocycles. The number of hydrogen-bond acceptors (Lipinski definition) is 1. The van der Waals surface area contributed by atoms with Gasteiger partial charge < -0.3 is 4.57 Å².